The maximum Gasteiger partial charge on any atom is 0.243 e. The van der Waals surface area contributed by atoms with Crippen LogP contribution in [-0.4, -0.2) is 42.5 Å². The van der Waals surface area contributed by atoms with Gasteiger partial charge in [0.05, 0.1) is 18.8 Å². The van der Waals surface area contributed by atoms with Crippen LogP contribution in [0.25, 0.3) is 0 Å². The van der Waals surface area contributed by atoms with E-state index in [4.69, 9.17) is 4.74 Å². The first-order valence-electron chi connectivity index (χ1n) is 8.61. The second-order valence-corrected chi connectivity index (χ2v) is 6.80. The van der Waals surface area contributed by atoms with Crippen molar-refractivity contribution in [2.45, 2.75) is 58.7 Å². The number of rotatable bonds is 6. The number of benzene rings is 1. The van der Waals surface area contributed by atoms with E-state index in [0.717, 1.165) is 36.1 Å². The second-order valence-electron chi connectivity index (χ2n) is 6.80. The van der Waals surface area contributed by atoms with Crippen LogP contribution in [-0.2, 0) is 14.3 Å². The van der Waals surface area contributed by atoms with Crippen LogP contribution in [0.1, 0.15) is 43.7 Å². The van der Waals surface area contributed by atoms with Gasteiger partial charge in [-0.05, 0) is 57.2 Å². The molecular weight excluding hydrogens is 304 g/mol. The van der Waals surface area contributed by atoms with Gasteiger partial charge in [-0.2, -0.15) is 0 Å². The first-order valence-corrected chi connectivity index (χ1v) is 8.61. The molecule has 1 fully saturated rings. The number of carbonyl (C=O) groups is 2. The largest absolute Gasteiger partial charge is 0.375 e. The van der Waals surface area contributed by atoms with Gasteiger partial charge in [-0.3, -0.25) is 9.59 Å². The third kappa shape index (κ3) is 5.34. The van der Waals surface area contributed by atoms with Crippen molar-refractivity contribution in [2.24, 2.45) is 0 Å². The summed E-state index contributed by atoms with van der Waals surface area (Å²) in [6.45, 7) is 6.06. The monoisotopic (exact) mass is 332 g/mol. The van der Waals surface area contributed by atoms with E-state index in [2.05, 4.69) is 12.2 Å². The Morgan fingerprint density at radius 2 is 2.04 bits per heavy atom. The van der Waals surface area contributed by atoms with Crippen molar-refractivity contribution in [1.29, 1.82) is 0 Å². The third-order valence-electron chi connectivity index (χ3n) is 4.47. The summed E-state index contributed by atoms with van der Waals surface area (Å²) in [5, 5.41) is 2.88. The molecule has 0 spiro atoms. The van der Waals surface area contributed by atoms with E-state index in [1.807, 2.05) is 32.0 Å². The van der Waals surface area contributed by atoms with Crippen LogP contribution < -0.4 is 5.32 Å². The van der Waals surface area contributed by atoms with E-state index in [9.17, 15) is 9.59 Å². The van der Waals surface area contributed by atoms with Crippen LogP contribution in [0.3, 0.4) is 0 Å². The average molecular weight is 332 g/mol. The highest BCUT2D eigenvalue weighted by Gasteiger charge is 2.23. The van der Waals surface area contributed by atoms with E-state index in [1.54, 1.807) is 7.05 Å². The van der Waals surface area contributed by atoms with Crippen molar-refractivity contribution in [3.8, 4) is 0 Å². The molecule has 0 radical (unpaired) electrons. The van der Waals surface area contributed by atoms with Gasteiger partial charge < -0.3 is 15.0 Å². The lowest BCUT2D eigenvalue weighted by atomic mass is 10.1. The molecule has 1 saturated heterocycles. The molecule has 2 amide bonds. The van der Waals surface area contributed by atoms with E-state index in [0.29, 0.717) is 12.5 Å². The molecule has 1 aliphatic heterocycles. The van der Waals surface area contributed by atoms with Crippen LogP contribution in [0, 0.1) is 13.8 Å². The third-order valence-corrected chi connectivity index (χ3v) is 4.47. The highest BCUT2D eigenvalue weighted by Crippen LogP contribution is 2.22. The molecule has 0 aliphatic carbocycles. The molecule has 0 bridgehead atoms. The fourth-order valence-corrected chi connectivity index (χ4v) is 2.94. The Kier molecular flexibility index (Phi) is 6.37. The number of hydrogen-bond donors (Lipinski definition) is 1. The van der Waals surface area contributed by atoms with Crippen molar-refractivity contribution in [3.63, 3.8) is 0 Å². The van der Waals surface area contributed by atoms with E-state index < -0.39 is 0 Å². The maximum absolute atomic E-state index is 12.2. The SMILES string of the molecule is Cc1ccc(C)c(NC(=O)CN(C)C(=O)CC[C@@H]2CC[C@H](C)O2)c1. The molecule has 2 atom stereocenters. The second kappa shape index (κ2) is 8.29. The first kappa shape index (κ1) is 18.5. The predicted octanol–water partition coefficient (Wildman–Crippen LogP) is 3.05. The number of hydrogen-bond acceptors (Lipinski definition) is 3. The number of nitrogens with zero attached hydrogens (tertiary/aromatic N) is 1. The molecule has 1 heterocycles. The minimum Gasteiger partial charge on any atom is -0.375 e. The summed E-state index contributed by atoms with van der Waals surface area (Å²) in [5.74, 6) is -0.195. The molecule has 1 aliphatic rings. The normalized spacial score (nSPS) is 20.0. The average Bonchev–Trinajstić information content (AvgIpc) is 2.94. The first-order chi connectivity index (χ1) is 11.3. The molecule has 24 heavy (non-hydrogen) atoms. The van der Waals surface area contributed by atoms with Gasteiger partial charge >= 0.3 is 0 Å². The number of ether oxygens (including phenoxy) is 1. The molecule has 132 valence electrons. The van der Waals surface area contributed by atoms with Crippen molar-refractivity contribution in [3.05, 3.63) is 29.3 Å². The Labute approximate surface area is 144 Å². The zero-order valence-electron chi connectivity index (χ0n) is 15.1. The van der Waals surface area contributed by atoms with Crippen molar-refractivity contribution < 1.29 is 14.3 Å². The summed E-state index contributed by atoms with van der Waals surface area (Å²) in [5.41, 5.74) is 2.90. The summed E-state index contributed by atoms with van der Waals surface area (Å²) in [7, 11) is 1.67. The maximum atomic E-state index is 12.2. The van der Waals surface area contributed by atoms with Crippen molar-refractivity contribution in [1.82, 2.24) is 4.90 Å². The van der Waals surface area contributed by atoms with Crippen LogP contribution in [0.5, 0.6) is 0 Å². The summed E-state index contributed by atoms with van der Waals surface area (Å²) >= 11 is 0. The van der Waals surface area contributed by atoms with Crippen LogP contribution in [0.4, 0.5) is 5.69 Å². The van der Waals surface area contributed by atoms with Gasteiger partial charge in [-0.1, -0.05) is 12.1 Å². The molecule has 2 rings (SSSR count). The summed E-state index contributed by atoms with van der Waals surface area (Å²) in [6.07, 6.45) is 3.71. The van der Waals surface area contributed by atoms with Crippen molar-refractivity contribution >= 4 is 17.5 Å². The molecule has 0 aromatic heterocycles. The van der Waals surface area contributed by atoms with Gasteiger partial charge in [0, 0.05) is 19.2 Å². The Morgan fingerprint density at radius 3 is 2.71 bits per heavy atom. The van der Waals surface area contributed by atoms with Crippen LogP contribution in [0.15, 0.2) is 18.2 Å². The lowest BCUT2D eigenvalue weighted by molar-refractivity contribution is -0.133. The Morgan fingerprint density at radius 1 is 1.29 bits per heavy atom. The van der Waals surface area contributed by atoms with Gasteiger partial charge in [0.15, 0.2) is 0 Å². The van der Waals surface area contributed by atoms with Gasteiger partial charge in [-0.25, -0.2) is 0 Å². The topological polar surface area (TPSA) is 58.6 Å². The highest BCUT2D eigenvalue weighted by molar-refractivity contribution is 5.95. The number of aryl methyl sites for hydroxylation is 2. The zero-order chi connectivity index (χ0) is 17.7. The van der Waals surface area contributed by atoms with E-state index in [1.165, 1.54) is 4.90 Å². The minimum atomic E-state index is -0.176. The quantitative estimate of drug-likeness (QED) is 0.871. The van der Waals surface area contributed by atoms with Gasteiger partial charge in [0.25, 0.3) is 0 Å². The number of nitrogens with one attached hydrogen (secondary N) is 1. The number of likely N-dealkylation sites (N-methyl/N-ethyl adjacent to an activating group) is 1. The molecule has 0 unspecified atom stereocenters. The number of amides is 2. The van der Waals surface area contributed by atoms with Gasteiger partial charge in [-0.15, -0.1) is 0 Å². The molecule has 1 aromatic rings. The minimum absolute atomic E-state index is 0.0192. The Bertz CT molecular complexity index is 600. The number of anilines is 1. The molecule has 5 heteroatoms. The van der Waals surface area contributed by atoms with Gasteiger partial charge in [0.2, 0.25) is 11.8 Å². The molecule has 1 aromatic carbocycles. The lowest BCUT2D eigenvalue weighted by Gasteiger charge is -2.18. The summed E-state index contributed by atoms with van der Waals surface area (Å²) in [4.78, 5) is 25.8. The fourth-order valence-electron chi connectivity index (χ4n) is 2.94. The molecular formula is C19H28N2O3. The smallest absolute Gasteiger partial charge is 0.243 e. The summed E-state index contributed by atoms with van der Waals surface area (Å²) in [6, 6.07) is 5.92. The van der Waals surface area contributed by atoms with Crippen LogP contribution in [0.2, 0.25) is 0 Å². The summed E-state index contributed by atoms with van der Waals surface area (Å²) < 4.78 is 5.73. The highest BCUT2D eigenvalue weighted by atomic mass is 16.5. The molecule has 1 N–H and O–H groups in total. The van der Waals surface area contributed by atoms with Crippen LogP contribution >= 0.6 is 0 Å². The van der Waals surface area contributed by atoms with E-state index in [-0.39, 0.29) is 24.5 Å². The number of carbonyl (C=O) groups excluding carboxylic acids is 2. The van der Waals surface area contributed by atoms with Gasteiger partial charge in [0.1, 0.15) is 0 Å². The standard InChI is InChI=1S/C19H28N2O3/c1-13-5-6-14(2)17(11-13)20-18(22)12-21(4)19(23)10-9-16-8-7-15(3)24-16/h5-6,11,15-16H,7-10,12H2,1-4H3,(H,20,22)/t15-,16-/m0/s1. The fraction of sp³-hybridized carbons (Fsp3) is 0.579. The molecule has 5 nitrogen and oxygen atoms in total. The van der Waals surface area contributed by atoms with E-state index >= 15 is 0 Å². The Balaban J connectivity index is 1.78. The van der Waals surface area contributed by atoms with Crippen molar-refractivity contribution in [2.75, 3.05) is 18.9 Å². The lowest BCUT2D eigenvalue weighted by Crippen LogP contribution is -2.35. The predicted molar refractivity (Wildman–Crippen MR) is 95.0 cm³/mol. The zero-order valence-corrected chi connectivity index (χ0v) is 15.1. The molecule has 0 saturated carbocycles. The Hall–Kier alpha value is -1.88.